The van der Waals surface area contributed by atoms with E-state index in [1.165, 1.54) is 32.1 Å². The molecule has 0 aromatic heterocycles. The van der Waals surface area contributed by atoms with Crippen molar-refractivity contribution in [1.29, 1.82) is 0 Å². The van der Waals surface area contributed by atoms with E-state index < -0.39 is 0 Å². The summed E-state index contributed by atoms with van der Waals surface area (Å²) in [6.45, 7) is 1.99. The smallest absolute Gasteiger partial charge is 0.222 e. The second-order valence-electron chi connectivity index (χ2n) is 4.84. The summed E-state index contributed by atoms with van der Waals surface area (Å²) in [5.41, 5.74) is 0. The van der Waals surface area contributed by atoms with Crippen molar-refractivity contribution in [3.63, 3.8) is 0 Å². The first-order valence-electron chi connectivity index (χ1n) is 6.10. The Balaban J connectivity index is 1.76. The third-order valence-electron chi connectivity index (χ3n) is 3.77. The Bertz CT molecular complexity index is 226. The van der Waals surface area contributed by atoms with E-state index >= 15 is 0 Å². The molecule has 1 unspecified atom stereocenters. The molecule has 2 fully saturated rings. The van der Waals surface area contributed by atoms with Crippen LogP contribution in [0.4, 0.5) is 0 Å². The van der Waals surface area contributed by atoms with Gasteiger partial charge in [-0.15, -0.1) is 0 Å². The Morgan fingerprint density at radius 2 is 2.07 bits per heavy atom. The molecule has 1 heterocycles. The van der Waals surface area contributed by atoms with E-state index in [2.05, 4.69) is 11.2 Å². The minimum absolute atomic E-state index is 0.415. The standard InChI is InChI=1S/C12H21NOS/c1-15-11-6-7-13(9-11)12(14)8-10-4-2-3-5-10/h10-11H,2-9H2,1H3. The number of hydrogen-bond donors (Lipinski definition) is 0. The monoisotopic (exact) mass is 227 g/mol. The fourth-order valence-corrected chi connectivity index (χ4v) is 3.41. The third-order valence-corrected chi connectivity index (χ3v) is 4.82. The van der Waals surface area contributed by atoms with Crippen molar-refractivity contribution in [2.24, 2.45) is 5.92 Å². The SMILES string of the molecule is CSC1CCN(C(=O)CC2CCCC2)C1. The first kappa shape index (κ1) is 11.3. The van der Waals surface area contributed by atoms with Crippen LogP contribution < -0.4 is 0 Å². The largest absolute Gasteiger partial charge is 0.342 e. The van der Waals surface area contributed by atoms with E-state index in [4.69, 9.17) is 0 Å². The number of nitrogens with zero attached hydrogens (tertiary/aromatic N) is 1. The van der Waals surface area contributed by atoms with Crippen LogP contribution in [0.3, 0.4) is 0 Å². The Labute approximate surface area is 96.8 Å². The molecule has 1 aliphatic heterocycles. The lowest BCUT2D eigenvalue weighted by atomic mass is 10.0. The molecule has 86 valence electrons. The molecule has 0 radical (unpaired) electrons. The minimum Gasteiger partial charge on any atom is -0.342 e. The molecule has 0 aromatic rings. The highest BCUT2D eigenvalue weighted by molar-refractivity contribution is 7.99. The van der Waals surface area contributed by atoms with Crippen molar-refractivity contribution >= 4 is 17.7 Å². The fourth-order valence-electron chi connectivity index (χ4n) is 2.74. The van der Waals surface area contributed by atoms with Crippen molar-refractivity contribution in [3.05, 3.63) is 0 Å². The molecule has 1 atom stereocenters. The van der Waals surface area contributed by atoms with E-state index in [0.717, 1.165) is 19.5 Å². The van der Waals surface area contributed by atoms with Gasteiger partial charge < -0.3 is 4.90 Å². The van der Waals surface area contributed by atoms with Gasteiger partial charge in [0.05, 0.1) is 0 Å². The highest BCUT2D eigenvalue weighted by Crippen LogP contribution is 2.29. The molecular weight excluding hydrogens is 206 g/mol. The van der Waals surface area contributed by atoms with E-state index in [9.17, 15) is 4.79 Å². The molecule has 0 bridgehead atoms. The van der Waals surface area contributed by atoms with Crippen LogP contribution in [0, 0.1) is 5.92 Å². The average molecular weight is 227 g/mol. The summed E-state index contributed by atoms with van der Waals surface area (Å²) in [6.07, 6.45) is 9.40. The lowest BCUT2D eigenvalue weighted by molar-refractivity contribution is -0.131. The molecule has 0 aromatic carbocycles. The van der Waals surface area contributed by atoms with Gasteiger partial charge in [0.1, 0.15) is 0 Å². The summed E-state index contributed by atoms with van der Waals surface area (Å²) in [5.74, 6) is 1.12. The van der Waals surface area contributed by atoms with Crippen molar-refractivity contribution in [2.75, 3.05) is 19.3 Å². The zero-order valence-electron chi connectivity index (χ0n) is 9.58. The number of amides is 1. The summed E-state index contributed by atoms with van der Waals surface area (Å²) in [5, 5.41) is 0.692. The fraction of sp³-hybridized carbons (Fsp3) is 0.917. The normalized spacial score (nSPS) is 27.5. The molecule has 2 rings (SSSR count). The van der Waals surface area contributed by atoms with Crippen LogP contribution in [0.2, 0.25) is 0 Å². The average Bonchev–Trinajstić information content (AvgIpc) is 2.86. The van der Waals surface area contributed by atoms with Gasteiger partial charge in [0.15, 0.2) is 0 Å². The van der Waals surface area contributed by atoms with E-state index in [1.54, 1.807) is 0 Å². The van der Waals surface area contributed by atoms with Gasteiger partial charge in [-0.3, -0.25) is 4.79 Å². The highest BCUT2D eigenvalue weighted by Gasteiger charge is 2.27. The number of hydrogen-bond acceptors (Lipinski definition) is 2. The van der Waals surface area contributed by atoms with Gasteiger partial charge >= 0.3 is 0 Å². The van der Waals surface area contributed by atoms with Crippen LogP contribution in [0.25, 0.3) is 0 Å². The third kappa shape index (κ3) is 2.90. The second kappa shape index (κ2) is 5.24. The van der Waals surface area contributed by atoms with Gasteiger partial charge in [-0.2, -0.15) is 11.8 Å². The summed E-state index contributed by atoms with van der Waals surface area (Å²) >= 11 is 1.90. The molecule has 2 aliphatic rings. The van der Waals surface area contributed by atoms with Gasteiger partial charge in [-0.05, 0) is 31.4 Å². The van der Waals surface area contributed by atoms with Crippen molar-refractivity contribution < 1.29 is 4.79 Å². The zero-order chi connectivity index (χ0) is 10.7. The van der Waals surface area contributed by atoms with Gasteiger partial charge in [0.25, 0.3) is 0 Å². The van der Waals surface area contributed by atoms with Crippen LogP contribution in [0.15, 0.2) is 0 Å². The molecular formula is C12H21NOS. The van der Waals surface area contributed by atoms with Crippen LogP contribution >= 0.6 is 11.8 Å². The van der Waals surface area contributed by atoms with Gasteiger partial charge in [-0.1, -0.05) is 12.8 Å². The molecule has 0 N–H and O–H groups in total. The van der Waals surface area contributed by atoms with Crippen molar-refractivity contribution in [1.82, 2.24) is 4.90 Å². The summed E-state index contributed by atoms with van der Waals surface area (Å²) in [6, 6.07) is 0. The first-order chi connectivity index (χ1) is 7.29. The first-order valence-corrected chi connectivity index (χ1v) is 7.39. The molecule has 2 nitrogen and oxygen atoms in total. The summed E-state index contributed by atoms with van der Waals surface area (Å²) in [4.78, 5) is 14.1. The Kier molecular flexibility index (Phi) is 3.95. The lowest BCUT2D eigenvalue weighted by Gasteiger charge is -2.18. The van der Waals surface area contributed by atoms with Crippen LogP contribution in [0.1, 0.15) is 38.5 Å². The second-order valence-corrected chi connectivity index (χ2v) is 5.98. The topological polar surface area (TPSA) is 20.3 Å². The maximum Gasteiger partial charge on any atom is 0.222 e. The van der Waals surface area contributed by atoms with Crippen molar-refractivity contribution in [2.45, 2.75) is 43.8 Å². The molecule has 15 heavy (non-hydrogen) atoms. The molecule has 1 aliphatic carbocycles. The Morgan fingerprint density at radius 3 is 2.67 bits per heavy atom. The molecule has 3 heteroatoms. The maximum atomic E-state index is 12.0. The Morgan fingerprint density at radius 1 is 1.33 bits per heavy atom. The predicted molar refractivity (Wildman–Crippen MR) is 65.1 cm³/mol. The lowest BCUT2D eigenvalue weighted by Crippen LogP contribution is -2.30. The highest BCUT2D eigenvalue weighted by atomic mass is 32.2. The number of likely N-dealkylation sites (tertiary alicyclic amines) is 1. The summed E-state index contributed by atoms with van der Waals surface area (Å²) < 4.78 is 0. The molecule has 1 amide bonds. The number of carbonyl (C=O) groups excluding carboxylic acids is 1. The number of rotatable bonds is 3. The van der Waals surface area contributed by atoms with E-state index in [0.29, 0.717) is 17.1 Å². The Hall–Kier alpha value is -0.180. The van der Waals surface area contributed by atoms with E-state index in [1.807, 2.05) is 11.8 Å². The number of thioether (sulfide) groups is 1. The van der Waals surface area contributed by atoms with Gasteiger partial charge in [0, 0.05) is 24.8 Å². The van der Waals surface area contributed by atoms with Crippen LogP contribution in [-0.4, -0.2) is 35.4 Å². The van der Waals surface area contributed by atoms with E-state index in [-0.39, 0.29) is 0 Å². The quantitative estimate of drug-likeness (QED) is 0.738. The maximum absolute atomic E-state index is 12.0. The van der Waals surface area contributed by atoms with Crippen LogP contribution in [0.5, 0.6) is 0 Å². The van der Waals surface area contributed by atoms with Gasteiger partial charge in [-0.25, -0.2) is 0 Å². The zero-order valence-corrected chi connectivity index (χ0v) is 10.4. The van der Waals surface area contributed by atoms with Crippen molar-refractivity contribution in [3.8, 4) is 0 Å². The predicted octanol–water partition coefficient (Wildman–Crippen LogP) is 2.53. The number of carbonyl (C=O) groups is 1. The molecule has 1 saturated heterocycles. The molecule has 0 spiro atoms. The summed E-state index contributed by atoms with van der Waals surface area (Å²) in [7, 11) is 0. The van der Waals surface area contributed by atoms with Crippen LogP contribution in [-0.2, 0) is 4.79 Å². The molecule has 1 saturated carbocycles. The minimum atomic E-state index is 0.415. The van der Waals surface area contributed by atoms with Gasteiger partial charge in [0.2, 0.25) is 5.91 Å².